The lowest BCUT2D eigenvalue weighted by atomic mass is 9.79. The number of benzene rings is 2. The van der Waals surface area contributed by atoms with E-state index in [1.165, 1.54) is 64.2 Å². The van der Waals surface area contributed by atoms with Crippen molar-refractivity contribution in [2.75, 3.05) is 20.3 Å². The minimum Gasteiger partial charge on any atom is -0.465 e. The second-order valence-corrected chi connectivity index (χ2v) is 10.6. The molecule has 0 unspecified atom stereocenters. The summed E-state index contributed by atoms with van der Waals surface area (Å²) < 4.78 is 11.5. The highest BCUT2D eigenvalue weighted by molar-refractivity contribution is 5.98. The van der Waals surface area contributed by atoms with Crippen LogP contribution in [0.25, 0.3) is 11.1 Å². The van der Waals surface area contributed by atoms with Gasteiger partial charge in [-0.3, -0.25) is 4.79 Å². The summed E-state index contributed by atoms with van der Waals surface area (Å²) in [5.41, 5.74) is 3.32. The van der Waals surface area contributed by atoms with Crippen molar-refractivity contribution in [1.82, 2.24) is 0 Å². The molecule has 3 rings (SSSR count). The Morgan fingerprint density at radius 2 is 1.17 bits per heavy atom. The van der Waals surface area contributed by atoms with E-state index in [0.29, 0.717) is 6.61 Å². The van der Waals surface area contributed by atoms with Crippen molar-refractivity contribution in [3.63, 3.8) is 0 Å². The molecule has 0 radical (unpaired) electrons. The van der Waals surface area contributed by atoms with Crippen molar-refractivity contribution >= 4 is 5.97 Å². The Bertz CT molecular complexity index is 856. The van der Waals surface area contributed by atoms with E-state index in [0.717, 1.165) is 41.0 Å². The maximum Gasteiger partial charge on any atom is 0.323 e. The average Bonchev–Trinajstić information content (AvgIpc) is 3.15. The molecule has 192 valence electrons. The Balaban J connectivity index is 1.36. The minimum absolute atomic E-state index is 0.190. The van der Waals surface area contributed by atoms with Crippen molar-refractivity contribution in [1.29, 1.82) is 0 Å². The van der Waals surface area contributed by atoms with Crippen LogP contribution in [0.5, 0.6) is 0 Å². The number of carbonyl (C=O) groups is 1. The average molecular weight is 479 g/mol. The molecule has 0 saturated heterocycles. The minimum atomic E-state index is -0.878. The van der Waals surface area contributed by atoms with Crippen LogP contribution in [0.4, 0.5) is 0 Å². The van der Waals surface area contributed by atoms with Crippen molar-refractivity contribution in [2.24, 2.45) is 5.92 Å². The molecular formula is C32H46O3. The number of hydrogen-bond donors (Lipinski definition) is 0. The Morgan fingerprint density at radius 3 is 1.66 bits per heavy atom. The van der Waals surface area contributed by atoms with Gasteiger partial charge in [0.2, 0.25) is 0 Å². The largest absolute Gasteiger partial charge is 0.465 e. The van der Waals surface area contributed by atoms with Crippen molar-refractivity contribution in [3.8, 4) is 11.1 Å². The highest BCUT2D eigenvalue weighted by atomic mass is 16.5. The zero-order valence-corrected chi connectivity index (χ0v) is 22.3. The molecule has 2 aromatic rings. The maximum atomic E-state index is 13.5. The summed E-state index contributed by atoms with van der Waals surface area (Å²) in [6.45, 7) is 5.40. The molecule has 1 aliphatic carbocycles. The number of hydrogen-bond acceptors (Lipinski definition) is 3. The molecule has 35 heavy (non-hydrogen) atoms. The first kappa shape index (κ1) is 27.5. The lowest BCUT2D eigenvalue weighted by Gasteiger charge is -2.29. The SMILES string of the molecule is COCC1(C(=O)OCCCCCCCCCCCCCC(C)C)c2ccccc2-c2ccccc21. The Labute approximate surface area is 213 Å². The Hall–Kier alpha value is -2.13. The van der Waals surface area contributed by atoms with Gasteiger partial charge in [0.1, 0.15) is 5.41 Å². The molecule has 3 heteroatoms. The van der Waals surface area contributed by atoms with Crippen LogP contribution in [-0.4, -0.2) is 26.3 Å². The summed E-state index contributed by atoms with van der Waals surface area (Å²) in [7, 11) is 1.66. The number of unbranched alkanes of at least 4 members (excludes halogenated alkanes) is 10. The van der Waals surface area contributed by atoms with E-state index in [9.17, 15) is 4.79 Å². The summed E-state index contributed by atoms with van der Waals surface area (Å²) in [5, 5.41) is 0. The summed E-state index contributed by atoms with van der Waals surface area (Å²) in [4.78, 5) is 13.5. The van der Waals surface area contributed by atoms with Crippen molar-refractivity contribution in [2.45, 2.75) is 96.3 Å². The van der Waals surface area contributed by atoms with Crippen molar-refractivity contribution < 1.29 is 14.3 Å². The first-order valence-corrected chi connectivity index (χ1v) is 14.0. The quantitative estimate of drug-likeness (QED) is 0.169. The van der Waals surface area contributed by atoms with E-state index in [2.05, 4.69) is 26.0 Å². The molecule has 0 fully saturated rings. The van der Waals surface area contributed by atoms with Crippen molar-refractivity contribution in [3.05, 3.63) is 59.7 Å². The van der Waals surface area contributed by atoms with Gasteiger partial charge in [-0.15, -0.1) is 0 Å². The van der Waals surface area contributed by atoms with Gasteiger partial charge < -0.3 is 9.47 Å². The molecule has 2 aromatic carbocycles. The molecule has 3 nitrogen and oxygen atoms in total. The van der Waals surface area contributed by atoms with Gasteiger partial charge in [-0.1, -0.05) is 133 Å². The molecule has 0 aromatic heterocycles. The summed E-state index contributed by atoms with van der Waals surface area (Å²) in [6, 6.07) is 16.3. The van der Waals surface area contributed by atoms with Gasteiger partial charge in [-0.05, 0) is 34.6 Å². The maximum absolute atomic E-state index is 13.5. The Morgan fingerprint density at radius 1 is 0.714 bits per heavy atom. The summed E-state index contributed by atoms with van der Waals surface area (Å²) in [6.07, 6.45) is 15.6. The second-order valence-electron chi connectivity index (χ2n) is 10.6. The van der Waals surface area contributed by atoms with Crippen LogP contribution in [0, 0.1) is 5.92 Å². The molecule has 0 saturated carbocycles. The molecule has 0 aliphatic heterocycles. The van der Waals surface area contributed by atoms with Gasteiger partial charge in [0.05, 0.1) is 13.2 Å². The van der Waals surface area contributed by atoms with Crippen LogP contribution >= 0.6 is 0 Å². The molecule has 0 heterocycles. The van der Waals surface area contributed by atoms with E-state index >= 15 is 0 Å². The number of rotatable bonds is 17. The molecule has 0 atom stereocenters. The lowest BCUT2D eigenvalue weighted by Crippen LogP contribution is -2.41. The lowest BCUT2D eigenvalue weighted by molar-refractivity contribution is -0.151. The number of carbonyl (C=O) groups excluding carboxylic acids is 1. The monoisotopic (exact) mass is 478 g/mol. The number of ether oxygens (including phenoxy) is 2. The predicted molar refractivity (Wildman–Crippen MR) is 146 cm³/mol. The standard InChI is InChI=1S/C32H46O3/c1-26(2)19-13-11-9-7-5-4-6-8-10-12-18-24-35-31(33)32(25-34-3)29-22-16-14-20-27(29)28-21-15-17-23-30(28)32/h14-17,20-23,26H,4-13,18-19,24-25H2,1-3H3. The number of methoxy groups -OCH3 is 1. The zero-order chi connectivity index (χ0) is 24.9. The molecular weight excluding hydrogens is 432 g/mol. The van der Waals surface area contributed by atoms with E-state index in [1.54, 1.807) is 7.11 Å². The third kappa shape index (κ3) is 7.19. The van der Waals surface area contributed by atoms with Gasteiger partial charge in [0, 0.05) is 7.11 Å². The van der Waals surface area contributed by atoms with E-state index in [4.69, 9.17) is 9.47 Å². The van der Waals surface area contributed by atoms with E-state index < -0.39 is 5.41 Å². The summed E-state index contributed by atoms with van der Waals surface area (Å²) in [5.74, 6) is 0.659. The normalized spacial score (nSPS) is 13.6. The van der Waals surface area contributed by atoms with Crippen LogP contribution in [0.3, 0.4) is 0 Å². The van der Waals surface area contributed by atoms with Gasteiger partial charge in [-0.25, -0.2) is 0 Å². The van der Waals surface area contributed by atoms with Crippen LogP contribution in [0.2, 0.25) is 0 Å². The fourth-order valence-corrected chi connectivity index (χ4v) is 5.51. The number of esters is 1. The van der Waals surface area contributed by atoms with E-state index in [-0.39, 0.29) is 12.6 Å². The highest BCUT2D eigenvalue weighted by Gasteiger charge is 2.50. The van der Waals surface area contributed by atoms with Gasteiger partial charge in [0.25, 0.3) is 0 Å². The van der Waals surface area contributed by atoms with Crippen LogP contribution < -0.4 is 0 Å². The van der Waals surface area contributed by atoms with Crippen LogP contribution in [0.1, 0.15) is 102 Å². The second kappa shape index (κ2) is 14.4. The van der Waals surface area contributed by atoms with Crippen LogP contribution in [-0.2, 0) is 19.7 Å². The van der Waals surface area contributed by atoms with Gasteiger partial charge in [-0.2, -0.15) is 0 Å². The predicted octanol–water partition coefficient (Wildman–Crippen LogP) is 8.48. The first-order chi connectivity index (χ1) is 17.1. The smallest absolute Gasteiger partial charge is 0.323 e. The van der Waals surface area contributed by atoms with Gasteiger partial charge in [0.15, 0.2) is 0 Å². The molecule has 0 N–H and O–H groups in total. The van der Waals surface area contributed by atoms with E-state index in [1.807, 2.05) is 36.4 Å². The third-order valence-corrected chi connectivity index (χ3v) is 7.43. The number of fused-ring (bicyclic) bond motifs is 3. The molecule has 0 bridgehead atoms. The van der Waals surface area contributed by atoms with Gasteiger partial charge >= 0.3 is 5.97 Å². The molecule has 1 aliphatic rings. The highest BCUT2D eigenvalue weighted by Crippen LogP contribution is 2.49. The fourth-order valence-electron chi connectivity index (χ4n) is 5.51. The zero-order valence-electron chi connectivity index (χ0n) is 22.3. The third-order valence-electron chi connectivity index (χ3n) is 7.43. The topological polar surface area (TPSA) is 35.5 Å². The fraction of sp³-hybridized carbons (Fsp3) is 0.594. The Kier molecular flexibility index (Phi) is 11.3. The first-order valence-electron chi connectivity index (χ1n) is 14.0. The molecule has 0 spiro atoms. The van der Waals surface area contributed by atoms with Crippen LogP contribution in [0.15, 0.2) is 48.5 Å². The molecule has 0 amide bonds. The summed E-state index contributed by atoms with van der Waals surface area (Å²) >= 11 is 0.